The standard InChI is InChI=1S/C17H19N3O3S.Ca/c1-10-8-18-15(11(2)16(10)23-4)9-24(21)17-19-13-6-5-12(22-3)7-14(13)20-17;/h5-8H,9H2,1-4H3,(H,19,20);. The summed E-state index contributed by atoms with van der Waals surface area (Å²) in [6, 6.07) is 5.50. The Morgan fingerprint density at radius 1 is 1.20 bits per heavy atom. The number of fused-ring (bicyclic) bond motifs is 1. The Kier molecular flexibility index (Phi) is 6.85. The minimum absolute atomic E-state index is 0. The number of hydrogen-bond acceptors (Lipinski definition) is 5. The fraction of sp³-hybridized carbons (Fsp3) is 0.294. The van der Waals surface area contributed by atoms with Gasteiger partial charge < -0.3 is 14.5 Å². The number of aromatic nitrogens is 3. The molecule has 2 radical (unpaired) electrons. The molecule has 0 saturated carbocycles. The summed E-state index contributed by atoms with van der Waals surface area (Å²) in [6.07, 6.45) is 1.74. The largest absolute Gasteiger partial charge is 0.497 e. The molecule has 1 atom stereocenters. The first-order chi connectivity index (χ1) is 11.5. The van der Waals surface area contributed by atoms with Gasteiger partial charge in [-0.25, -0.2) is 4.98 Å². The number of aryl methyl sites for hydroxylation is 1. The quantitative estimate of drug-likeness (QED) is 0.683. The van der Waals surface area contributed by atoms with Crippen molar-refractivity contribution in [2.45, 2.75) is 24.8 Å². The Bertz CT molecular complexity index is 927. The van der Waals surface area contributed by atoms with Crippen molar-refractivity contribution < 1.29 is 13.7 Å². The number of rotatable bonds is 5. The number of methoxy groups -OCH3 is 2. The molecule has 25 heavy (non-hydrogen) atoms. The van der Waals surface area contributed by atoms with Gasteiger partial charge in [0, 0.05) is 61.1 Å². The van der Waals surface area contributed by atoms with Crippen LogP contribution in [0.2, 0.25) is 0 Å². The minimum atomic E-state index is -1.33. The van der Waals surface area contributed by atoms with Crippen LogP contribution < -0.4 is 9.47 Å². The Balaban J connectivity index is 0.00000225. The molecule has 0 bridgehead atoms. The molecule has 2 heterocycles. The predicted molar refractivity (Wildman–Crippen MR) is 98.8 cm³/mol. The first-order valence-electron chi connectivity index (χ1n) is 7.44. The van der Waals surface area contributed by atoms with E-state index in [1.54, 1.807) is 20.4 Å². The summed E-state index contributed by atoms with van der Waals surface area (Å²) in [5, 5.41) is 0.430. The van der Waals surface area contributed by atoms with Crippen molar-refractivity contribution in [2.24, 2.45) is 0 Å². The molecule has 0 aliphatic rings. The van der Waals surface area contributed by atoms with Gasteiger partial charge in [0.2, 0.25) is 0 Å². The maximum atomic E-state index is 12.7. The van der Waals surface area contributed by atoms with Gasteiger partial charge >= 0.3 is 0 Å². The van der Waals surface area contributed by atoms with Gasteiger partial charge in [-0.1, -0.05) is 0 Å². The Labute approximate surface area is 178 Å². The monoisotopic (exact) mass is 385 g/mol. The summed E-state index contributed by atoms with van der Waals surface area (Å²) < 4.78 is 23.3. The third-order valence-corrected chi connectivity index (χ3v) is 5.06. The van der Waals surface area contributed by atoms with Crippen LogP contribution in [0.4, 0.5) is 0 Å². The molecule has 6 nitrogen and oxygen atoms in total. The van der Waals surface area contributed by atoms with E-state index in [1.807, 2.05) is 32.0 Å². The van der Waals surface area contributed by atoms with Crippen LogP contribution in [-0.2, 0) is 16.6 Å². The first kappa shape index (κ1) is 20.2. The van der Waals surface area contributed by atoms with E-state index in [-0.39, 0.29) is 43.5 Å². The van der Waals surface area contributed by atoms with Crippen molar-refractivity contribution in [1.29, 1.82) is 0 Å². The number of nitrogens with zero attached hydrogens (tertiary/aromatic N) is 2. The van der Waals surface area contributed by atoms with Gasteiger partial charge in [0.25, 0.3) is 0 Å². The van der Waals surface area contributed by atoms with Crippen LogP contribution in [-0.4, -0.2) is 71.1 Å². The molecule has 128 valence electrons. The van der Waals surface area contributed by atoms with E-state index in [1.165, 1.54) is 0 Å². The number of benzene rings is 1. The molecule has 8 heteroatoms. The van der Waals surface area contributed by atoms with Crippen molar-refractivity contribution in [3.8, 4) is 11.5 Å². The van der Waals surface area contributed by atoms with E-state index in [2.05, 4.69) is 15.0 Å². The number of hydrogen-bond donors (Lipinski definition) is 1. The molecule has 0 spiro atoms. The van der Waals surface area contributed by atoms with E-state index in [4.69, 9.17) is 9.47 Å². The van der Waals surface area contributed by atoms with Crippen LogP contribution in [0.1, 0.15) is 16.8 Å². The summed E-state index contributed by atoms with van der Waals surface area (Å²) >= 11 is 0. The summed E-state index contributed by atoms with van der Waals surface area (Å²) in [7, 11) is 1.91. The van der Waals surface area contributed by atoms with E-state index < -0.39 is 10.8 Å². The fourth-order valence-corrected chi connectivity index (χ4v) is 3.71. The zero-order valence-corrected chi connectivity index (χ0v) is 17.8. The zero-order valence-electron chi connectivity index (χ0n) is 14.8. The number of imidazole rings is 1. The maximum absolute atomic E-state index is 12.7. The second-order valence-corrected chi connectivity index (χ2v) is 6.83. The third-order valence-electron chi connectivity index (χ3n) is 3.90. The minimum Gasteiger partial charge on any atom is -0.497 e. The summed E-state index contributed by atoms with van der Waals surface area (Å²) in [5.41, 5.74) is 4.16. The smallest absolute Gasteiger partial charge is 0.197 e. The van der Waals surface area contributed by atoms with Gasteiger partial charge in [-0.15, -0.1) is 0 Å². The van der Waals surface area contributed by atoms with Crippen LogP contribution in [0, 0.1) is 13.8 Å². The molecule has 3 aromatic rings. The Morgan fingerprint density at radius 2 is 1.96 bits per heavy atom. The number of aromatic amines is 1. The molecule has 0 amide bonds. The van der Waals surface area contributed by atoms with Crippen molar-refractivity contribution in [2.75, 3.05) is 14.2 Å². The van der Waals surface area contributed by atoms with Crippen LogP contribution in [0.25, 0.3) is 11.0 Å². The van der Waals surface area contributed by atoms with E-state index >= 15 is 0 Å². The molecule has 3 rings (SSSR count). The predicted octanol–water partition coefficient (Wildman–Crippen LogP) is 2.52. The van der Waals surface area contributed by atoms with Gasteiger partial charge in [0.1, 0.15) is 11.5 Å². The van der Waals surface area contributed by atoms with Gasteiger partial charge in [-0.2, -0.15) is 0 Å². The second kappa shape index (κ2) is 8.49. The topological polar surface area (TPSA) is 77.1 Å². The van der Waals surface area contributed by atoms with Gasteiger partial charge in [0.15, 0.2) is 5.16 Å². The van der Waals surface area contributed by atoms with E-state index in [0.717, 1.165) is 39.4 Å². The molecule has 2 aromatic heterocycles. The molecule has 0 fully saturated rings. The Morgan fingerprint density at radius 3 is 2.64 bits per heavy atom. The van der Waals surface area contributed by atoms with Crippen molar-refractivity contribution in [1.82, 2.24) is 15.0 Å². The van der Waals surface area contributed by atoms with E-state index in [0.29, 0.717) is 5.16 Å². The number of ether oxygens (including phenoxy) is 2. The zero-order chi connectivity index (χ0) is 17.3. The van der Waals surface area contributed by atoms with Crippen LogP contribution in [0.15, 0.2) is 29.6 Å². The van der Waals surface area contributed by atoms with Crippen LogP contribution in [0.5, 0.6) is 11.5 Å². The summed E-state index contributed by atoms with van der Waals surface area (Å²) in [6.45, 7) is 3.86. The normalized spacial score (nSPS) is 11.8. The molecule has 1 aromatic carbocycles. The average molecular weight is 386 g/mol. The molecule has 0 aliphatic carbocycles. The third kappa shape index (κ3) is 4.16. The van der Waals surface area contributed by atoms with Gasteiger partial charge in [0.05, 0.1) is 47.5 Å². The second-order valence-electron chi connectivity index (χ2n) is 5.46. The first-order valence-corrected chi connectivity index (χ1v) is 8.76. The summed E-state index contributed by atoms with van der Waals surface area (Å²) in [4.78, 5) is 11.9. The molecule has 1 unspecified atom stereocenters. The van der Waals surface area contributed by atoms with Gasteiger partial charge in [-0.05, 0) is 26.0 Å². The van der Waals surface area contributed by atoms with Crippen LogP contribution >= 0.6 is 0 Å². The molecular weight excluding hydrogens is 366 g/mol. The average Bonchev–Trinajstić information content (AvgIpc) is 3.01. The molecule has 0 saturated heterocycles. The molecule has 0 aliphatic heterocycles. The number of H-pyrrole nitrogens is 1. The molecular formula is C17H19CaN3O3S. The fourth-order valence-electron chi connectivity index (χ4n) is 2.61. The number of pyridine rings is 1. The SMILES string of the molecule is COc1ccc2nc(S(=O)Cc3ncc(C)c(OC)c3C)[nH]c2c1.[Ca]. The van der Waals surface area contributed by atoms with Gasteiger partial charge in [-0.3, -0.25) is 9.19 Å². The summed E-state index contributed by atoms with van der Waals surface area (Å²) in [5.74, 6) is 1.79. The maximum Gasteiger partial charge on any atom is 0.197 e. The van der Waals surface area contributed by atoms with E-state index in [9.17, 15) is 4.21 Å². The van der Waals surface area contributed by atoms with Crippen molar-refractivity contribution in [3.05, 3.63) is 41.2 Å². The van der Waals surface area contributed by atoms with Crippen LogP contribution in [0.3, 0.4) is 0 Å². The molecule has 1 N–H and O–H groups in total. The Hall–Kier alpha value is -1.15. The van der Waals surface area contributed by atoms with Crippen molar-refractivity contribution in [3.63, 3.8) is 0 Å². The number of nitrogens with one attached hydrogen (secondary N) is 1. The van der Waals surface area contributed by atoms with Crippen molar-refractivity contribution >= 4 is 59.6 Å².